The van der Waals surface area contributed by atoms with Crippen LogP contribution in [0.4, 0.5) is 30.2 Å². The van der Waals surface area contributed by atoms with Gasteiger partial charge in [-0.05, 0) is 38.1 Å². The number of carbonyl (C=O) groups is 1. The summed E-state index contributed by atoms with van der Waals surface area (Å²) in [5, 5.41) is 12.5. The predicted molar refractivity (Wildman–Crippen MR) is 136 cm³/mol. The summed E-state index contributed by atoms with van der Waals surface area (Å²) in [7, 11) is 3.33. The lowest BCUT2D eigenvalue weighted by Gasteiger charge is -2.36. The summed E-state index contributed by atoms with van der Waals surface area (Å²) < 4.78 is 44.2. The number of aromatic nitrogens is 2. The number of piperidine rings is 1. The Labute approximate surface area is 211 Å². The third kappa shape index (κ3) is 5.30. The van der Waals surface area contributed by atoms with E-state index in [4.69, 9.17) is 5.73 Å². The normalized spacial score (nSPS) is 15.5. The zero-order valence-electron chi connectivity index (χ0n) is 20.4. The van der Waals surface area contributed by atoms with Gasteiger partial charge in [0.25, 0.3) is 11.5 Å². The van der Waals surface area contributed by atoms with Crippen LogP contribution < -0.4 is 32.1 Å². The molecule has 0 spiro atoms. The highest BCUT2D eigenvalue weighted by Gasteiger charge is 2.27. The first-order valence-electron chi connectivity index (χ1n) is 11.8. The van der Waals surface area contributed by atoms with Gasteiger partial charge in [0.05, 0.1) is 17.1 Å². The van der Waals surface area contributed by atoms with Crippen LogP contribution in [-0.2, 0) is 6.54 Å². The topological polar surface area (TPSA) is 117 Å². The van der Waals surface area contributed by atoms with Crippen molar-refractivity contribution in [3.63, 3.8) is 0 Å². The first-order chi connectivity index (χ1) is 17.7. The number of benzene rings is 2. The zero-order chi connectivity index (χ0) is 26.7. The molecular formula is C25H28F3N7O2. The molecule has 0 radical (unpaired) electrons. The summed E-state index contributed by atoms with van der Waals surface area (Å²) in [6.45, 7) is 1.45. The number of amides is 1. The molecule has 0 saturated carbocycles. The Balaban J connectivity index is 1.78. The van der Waals surface area contributed by atoms with Crippen molar-refractivity contribution >= 4 is 23.0 Å². The van der Waals surface area contributed by atoms with Crippen LogP contribution in [0.3, 0.4) is 0 Å². The lowest BCUT2D eigenvalue weighted by molar-refractivity contribution is 0.102. The third-order valence-electron chi connectivity index (χ3n) is 6.16. The summed E-state index contributed by atoms with van der Waals surface area (Å²) in [5.74, 6) is -3.41. The molecular weight excluding hydrogens is 487 g/mol. The van der Waals surface area contributed by atoms with E-state index in [0.29, 0.717) is 35.6 Å². The molecule has 1 aliphatic heterocycles. The maximum Gasteiger partial charge on any atom is 0.276 e. The van der Waals surface area contributed by atoms with E-state index < -0.39 is 34.6 Å². The number of nitrogens with one attached hydrogen (secondary N) is 3. The van der Waals surface area contributed by atoms with Gasteiger partial charge in [-0.1, -0.05) is 6.07 Å². The molecule has 9 nitrogen and oxygen atoms in total. The van der Waals surface area contributed by atoms with Gasteiger partial charge in [0.15, 0.2) is 11.6 Å². The highest BCUT2D eigenvalue weighted by molar-refractivity contribution is 6.05. The minimum atomic E-state index is -1.02. The van der Waals surface area contributed by atoms with Crippen molar-refractivity contribution in [1.29, 1.82) is 0 Å². The highest BCUT2D eigenvalue weighted by Crippen LogP contribution is 2.39. The van der Waals surface area contributed by atoms with Crippen LogP contribution in [0, 0.1) is 17.5 Å². The van der Waals surface area contributed by atoms with Crippen molar-refractivity contribution in [2.45, 2.75) is 25.4 Å². The lowest BCUT2D eigenvalue weighted by atomic mass is 10.0. The minimum Gasteiger partial charge on any atom is -0.385 e. The van der Waals surface area contributed by atoms with Crippen molar-refractivity contribution < 1.29 is 18.0 Å². The highest BCUT2D eigenvalue weighted by atomic mass is 19.1. The number of halogens is 3. The molecule has 1 aliphatic rings. The second-order valence-electron chi connectivity index (χ2n) is 8.73. The molecule has 0 aliphatic carbocycles. The number of nitrogens with zero attached hydrogens (tertiary/aromatic N) is 3. The van der Waals surface area contributed by atoms with Gasteiger partial charge in [-0.25, -0.2) is 13.2 Å². The second kappa shape index (κ2) is 11.0. The lowest BCUT2D eigenvalue weighted by Crippen LogP contribution is -2.43. The quantitative estimate of drug-likeness (QED) is 0.382. The van der Waals surface area contributed by atoms with Crippen molar-refractivity contribution in [2.75, 3.05) is 42.7 Å². The molecule has 2 aromatic carbocycles. The summed E-state index contributed by atoms with van der Waals surface area (Å²) in [6, 6.07) is 6.32. The Kier molecular flexibility index (Phi) is 7.79. The van der Waals surface area contributed by atoms with Gasteiger partial charge in [-0.3, -0.25) is 9.59 Å². The summed E-state index contributed by atoms with van der Waals surface area (Å²) in [5.41, 5.74) is 6.03. The molecule has 4 rings (SSSR count). The summed E-state index contributed by atoms with van der Waals surface area (Å²) in [4.78, 5) is 27.6. The Hall–Kier alpha value is -3.90. The van der Waals surface area contributed by atoms with Gasteiger partial charge in [0.2, 0.25) is 0 Å². The monoisotopic (exact) mass is 515 g/mol. The van der Waals surface area contributed by atoms with Crippen LogP contribution in [0.5, 0.6) is 0 Å². The number of hydrogen-bond acceptors (Lipinski definition) is 7. The molecule has 1 aromatic heterocycles. The largest absolute Gasteiger partial charge is 0.385 e. The molecule has 1 fully saturated rings. The van der Waals surface area contributed by atoms with E-state index in [0.717, 1.165) is 43.2 Å². The van der Waals surface area contributed by atoms with Crippen LogP contribution in [0.15, 0.2) is 41.2 Å². The molecule has 37 heavy (non-hydrogen) atoms. The van der Waals surface area contributed by atoms with Gasteiger partial charge < -0.3 is 26.6 Å². The molecule has 1 unspecified atom stereocenters. The maximum absolute atomic E-state index is 15.1. The number of hydrogen-bond donors (Lipinski definition) is 4. The van der Waals surface area contributed by atoms with E-state index in [1.54, 1.807) is 14.1 Å². The van der Waals surface area contributed by atoms with Gasteiger partial charge >= 0.3 is 0 Å². The predicted octanol–water partition coefficient (Wildman–Crippen LogP) is 2.59. The van der Waals surface area contributed by atoms with E-state index in [1.807, 2.05) is 4.90 Å². The van der Waals surface area contributed by atoms with Crippen LogP contribution in [0.1, 0.15) is 28.9 Å². The van der Waals surface area contributed by atoms with Gasteiger partial charge in [0, 0.05) is 50.4 Å². The van der Waals surface area contributed by atoms with Crippen LogP contribution in [-0.4, -0.2) is 48.9 Å². The number of para-hydroxylation sites is 1. The first-order valence-corrected chi connectivity index (χ1v) is 11.8. The average Bonchev–Trinajstić information content (AvgIpc) is 2.85. The first kappa shape index (κ1) is 26.2. The van der Waals surface area contributed by atoms with E-state index in [2.05, 4.69) is 21.0 Å². The SMILES string of the molecule is CNCc1c(NC)c(F)cc(NC(=O)c2ccc(=O)n(-c3c(F)cccc3F)n2)c1N1CCCC(N)C1. The van der Waals surface area contributed by atoms with Crippen molar-refractivity contribution in [1.82, 2.24) is 15.1 Å². The molecule has 196 valence electrons. The maximum atomic E-state index is 15.1. The zero-order valence-corrected chi connectivity index (χ0v) is 20.4. The molecule has 12 heteroatoms. The molecule has 3 aromatic rings. The fourth-order valence-electron chi connectivity index (χ4n) is 4.55. The number of rotatable bonds is 7. The third-order valence-corrected chi connectivity index (χ3v) is 6.16. The van der Waals surface area contributed by atoms with E-state index in [9.17, 15) is 18.4 Å². The van der Waals surface area contributed by atoms with Crippen molar-refractivity contribution in [3.05, 3.63) is 75.5 Å². The van der Waals surface area contributed by atoms with Gasteiger partial charge in [0.1, 0.15) is 17.2 Å². The Morgan fingerprint density at radius 2 is 1.84 bits per heavy atom. The molecule has 2 heterocycles. The Morgan fingerprint density at radius 1 is 1.11 bits per heavy atom. The molecule has 5 N–H and O–H groups in total. The van der Waals surface area contributed by atoms with Gasteiger partial charge in [-0.2, -0.15) is 9.78 Å². The fraction of sp³-hybridized carbons (Fsp3) is 0.320. The number of anilines is 3. The van der Waals surface area contributed by atoms with E-state index in [-0.39, 0.29) is 23.1 Å². The Bertz CT molecular complexity index is 1360. The smallest absolute Gasteiger partial charge is 0.276 e. The fourth-order valence-corrected chi connectivity index (χ4v) is 4.55. The molecule has 1 saturated heterocycles. The van der Waals surface area contributed by atoms with E-state index >= 15 is 4.39 Å². The average molecular weight is 516 g/mol. The van der Waals surface area contributed by atoms with Crippen molar-refractivity contribution in [2.24, 2.45) is 5.73 Å². The van der Waals surface area contributed by atoms with Crippen LogP contribution in [0.2, 0.25) is 0 Å². The van der Waals surface area contributed by atoms with E-state index in [1.165, 1.54) is 6.07 Å². The van der Waals surface area contributed by atoms with Crippen LogP contribution in [0.25, 0.3) is 5.69 Å². The molecule has 0 bridgehead atoms. The minimum absolute atomic E-state index is 0.0938. The van der Waals surface area contributed by atoms with Crippen LogP contribution >= 0.6 is 0 Å². The Morgan fingerprint density at radius 3 is 2.49 bits per heavy atom. The summed E-state index contributed by atoms with van der Waals surface area (Å²) >= 11 is 0. The van der Waals surface area contributed by atoms with Gasteiger partial charge in [-0.15, -0.1) is 0 Å². The molecule has 1 atom stereocenters. The number of carbonyl (C=O) groups excluding carboxylic acids is 1. The number of nitrogens with two attached hydrogens (primary N) is 1. The van der Waals surface area contributed by atoms with Crippen molar-refractivity contribution in [3.8, 4) is 5.69 Å². The molecule has 1 amide bonds. The summed E-state index contributed by atoms with van der Waals surface area (Å²) in [6.07, 6.45) is 1.66. The second-order valence-corrected chi connectivity index (χ2v) is 8.73. The standard InChI is InChI=1S/C25H28F3N7O2/c1-30-12-15-22(31-2)18(28)11-20(23(15)34-10-4-5-14(29)13-34)32-25(37)19-8-9-21(36)35(33-19)24-16(26)6-3-7-17(24)27/h3,6-9,11,14,30-31H,4-5,10,12-13,29H2,1-2H3,(H,32,37).